The minimum atomic E-state index is -0.166. The van der Waals surface area contributed by atoms with E-state index in [1.165, 1.54) is 6.07 Å². The van der Waals surface area contributed by atoms with Crippen LogP contribution in [0.2, 0.25) is 0 Å². The first kappa shape index (κ1) is 18.1. The normalized spacial score (nSPS) is 12.6. The summed E-state index contributed by atoms with van der Waals surface area (Å²) < 4.78 is 23.9. The number of nitrogens with one attached hydrogen (secondary N) is 1. The van der Waals surface area contributed by atoms with Gasteiger partial charge in [0.25, 0.3) is 0 Å². The Kier molecular flexibility index (Phi) is 9.22. The zero-order valence-electron chi connectivity index (χ0n) is 13.5. The van der Waals surface area contributed by atoms with Crippen molar-refractivity contribution in [2.24, 2.45) is 0 Å². The molecule has 1 N–H and O–H groups in total. The van der Waals surface area contributed by atoms with Crippen LogP contribution in [-0.2, 0) is 15.9 Å². The van der Waals surface area contributed by atoms with Crippen LogP contribution >= 0.6 is 0 Å². The Labute approximate surface area is 127 Å². The molecule has 120 valence electrons. The van der Waals surface area contributed by atoms with Gasteiger partial charge in [-0.15, -0.1) is 0 Å². The third-order valence-electron chi connectivity index (χ3n) is 3.50. The number of rotatable bonds is 11. The third kappa shape index (κ3) is 7.55. The predicted molar refractivity (Wildman–Crippen MR) is 84.2 cm³/mol. The van der Waals surface area contributed by atoms with Gasteiger partial charge in [0.2, 0.25) is 0 Å². The van der Waals surface area contributed by atoms with E-state index in [1.807, 2.05) is 13.0 Å². The van der Waals surface area contributed by atoms with Crippen LogP contribution in [0, 0.1) is 12.7 Å². The van der Waals surface area contributed by atoms with Gasteiger partial charge in [-0.1, -0.05) is 13.0 Å². The maximum atomic E-state index is 13.4. The fourth-order valence-electron chi connectivity index (χ4n) is 2.22. The van der Waals surface area contributed by atoms with Crippen LogP contribution in [0.3, 0.4) is 0 Å². The summed E-state index contributed by atoms with van der Waals surface area (Å²) in [6.45, 7) is 7.08. The molecule has 1 aromatic carbocycles. The lowest BCUT2D eigenvalue weighted by atomic mass is 9.99. The van der Waals surface area contributed by atoms with Crippen LogP contribution in [0.5, 0.6) is 0 Å². The number of hydrogen-bond acceptors (Lipinski definition) is 3. The van der Waals surface area contributed by atoms with Crippen LogP contribution < -0.4 is 5.32 Å². The lowest BCUT2D eigenvalue weighted by Crippen LogP contribution is -2.33. The number of aryl methyl sites for hydroxylation is 1. The van der Waals surface area contributed by atoms with Crippen molar-refractivity contribution in [2.75, 3.05) is 33.5 Å². The largest absolute Gasteiger partial charge is 0.382 e. The van der Waals surface area contributed by atoms with E-state index in [1.54, 1.807) is 13.2 Å². The Morgan fingerprint density at radius 3 is 2.76 bits per heavy atom. The van der Waals surface area contributed by atoms with Crippen molar-refractivity contribution in [3.8, 4) is 0 Å². The van der Waals surface area contributed by atoms with E-state index in [2.05, 4.69) is 12.2 Å². The van der Waals surface area contributed by atoms with Gasteiger partial charge < -0.3 is 14.8 Å². The van der Waals surface area contributed by atoms with Crippen molar-refractivity contribution in [1.82, 2.24) is 5.32 Å². The molecule has 0 aliphatic carbocycles. The van der Waals surface area contributed by atoms with Crippen molar-refractivity contribution < 1.29 is 13.9 Å². The summed E-state index contributed by atoms with van der Waals surface area (Å²) >= 11 is 0. The van der Waals surface area contributed by atoms with Gasteiger partial charge in [-0.25, -0.2) is 4.39 Å². The molecule has 0 aliphatic rings. The van der Waals surface area contributed by atoms with Gasteiger partial charge in [-0.3, -0.25) is 0 Å². The molecule has 0 amide bonds. The first-order valence-electron chi connectivity index (χ1n) is 7.72. The van der Waals surface area contributed by atoms with E-state index in [0.717, 1.165) is 36.9 Å². The number of methoxy groups -OCH3 is 1. The first-order valence-corrected chi connectivity index (χ1v) is 7.72. The minimum absolute atomic E-state index is 0.166. The molecular weight excluding hydrogens is 269 g/mol. The zero-order valence-corrected chi connectivity index (χ0v) is 13.5. The smallest absolute Gasteiger partial charge is 0.123 e. The Morgan fingerprint density at radius 1 is 1.24 bits per heavy atom. The maximum Gasteiger partial charge on any atom is 0.123 e. The van der Waals surface area contributed by atoms with Crippen LogP contribution in [0.4, 0.5) is 4.39 Å². The molecule has 0 aromatic heterocycles. The lowest BCUT2D eigenvalue weighted by Gasteiger charge is -2.20. The van der Waals surface area contributed by atoms with Gasteiger partial charge in [0.1, 0.15) is 5.82 Å². The number of benzene rings is 1. The monoisotopic (exact) mass is 297 g/mol. The molecule has 0 radical (unpaired) electrons. The van der Waals surface area contributed by atoms with E-state index in [0.29, 0.717) is 25.9 Å². The average Bonchev–Trinajstić information content (AvgIpc) is 2.47. The van der Waals surface area contributed by atoms with Crippen LogP contribution in [0.25, 0.3) is 0 Å². The number of ether oxygens (including phenoxy) is 2. The number of halogens is 1. The van der Waals surface area contributed by atoms with Gasteiger partial charge in [-0.05, 0) is 56.0 Å². The van der Waals surface area contributed by atoms with E-state index >= 15 is 0 Å². The Bertz CT molecular complexity index is 398. The van der Waals surface area contributed by atoms with Gasteiger partial charge in [0.05, 0.1) is 13.2 Å². The molecule has 0 heterocycles. The molecule has 1 atom stereocenters. The maximum absolute atomic E-state index is 13.4. The van der Waals surface area contributed by atoms with Gasteiger partial charge in [0, 0.05) is 19.8 Å². The molecule has 0 aliphatic heterocycles. The first-order chi connectivity index (χ1) is 10.2. The summed E-state index contributed by atoms with van der Waals surface area (Å²) in [6, 6.07) is 5.31. The lowest BCUT2D eigenvalue weighted by molar-refractivity contribution is 0.0658. The Hall–Kier alpha value is -0.970. The summed E-state index contributed by atoms with van der Waals surface area (Å²) in [4.78, 5) is 0. The minimum Gasteiger partial charge on any atom is -0.382 e. The molecule has 21 heavy (non-hydrogen) atoms. The Balaban J connectivity index is 2.50. The van der Waals surface area contributed by atoms with Gasteiger partial charge in [-0.2, -0.15) is 0 Å². The van der Waals surface area contributed by atoms with E-state index in [4.69, 9.17) is 9.47 Å². The van der Waals surface area contributed by atoms with Gasteiger partial charge in [0.15, 0.2) is 0 Å². The van der Waals surface area contributed by atoms with Crippen LogP contribution in [0.15, 0.2) is 18.2 Å². The fourth-order valence-corrected chi connectivity index (χ4v) is 2.22. The van der Waals surface area contributed by atoms with Crippen molar-refractivity contribution in [2.45, 2.75) is 39.2 Å². The highest BCUT2D eigenvalue weighted by Gasteiger charge is 2.11. The van der Waals surface area contributed by atoms with E-state index in [9.17, 15) is 4.39 Å². The zero-order chi connectivity index (χ0) is 15.5. The second-order valence-corrected chi connectivity index (χ2v) is 5.32. The predicted octanol–water partition coefficient (Wildman–Crippen LogP) is 3.10. The second-order valence-electron chi connectivity index (χ2n) is 5.32. The molecule has 3 nitrogen and oxygen atoms in total. The second kappa shape index (κ2) is 10.7. The fraction of sp³-hybridized carbons (Fsp3) is 0.647. The van der Waals surface area contributed by atoms with E-state index in [-0.39, 0.29) is 5.82 Å². The average molecular weight is 297 g/mol. The standard InChI is InChI=1S/C17H28FNO2/c1-4-8-19-17(7-9-21-11-10-20-3)13-15-12-16(18)6-5-14(15)2/h5-6,12,17,19H,4,7-11,13H2,1-3H3. The Morgan fingerprint density at radius 2 is 2.05 bits per heavy atom. The van der Waals surface area contributed by atoms with Crippen molar-refractivity contribution in [3.63, 3.8) is 0 Å². The molecule has 0 spiro atoms. The quantitative estimate of drug-likeness (QED) is 0.637. The van der Waals surface area contributed by atoms with Gasteiger partial charge >= 0.3 is 0 Å². The molecule has 1 unspecified atom stereocenters. The SMILES string of the molecule is CCCNC(CCOCCOC)Cc1cc(F)ccc1C. The van der Waals surface area contributed by atoms with Crippen molar-refractivity contribution in [3.05, 3.63) is 35.1 Å². The highest BCUT2D eigenvalue weighted by molar-refractivity contribution is 5.27. The molecule has 0 fully saturated rings. The summed E-state index contributed by atoms with van der Waals surface area (Å²) in [5.74, 6) is -0.166. The van der Waals surface area contributed by atoms with Crippen LogP contribution in [-0.4, -0.2) is 39.5 Å². The van der Waals surface area contributed by atoms with Crippen molar-refractivity contribution in [1.29, 1.82) is 0 Å². The summed E-state index contributed by atoms with van der Waals surface area (Å²) in [5.41, 5.74) is 2.21. The topological polar surface area (TPSA) is 30.5 Å². The molecule has 0 saturated heterocycles. The summed E-state index contributed by atoms with van der Waals surface area (Å²) in [5, 5.41) is 3.52. The summed E-state index contributed by atoms with van der Waals surface area (Å²) in [6.07, 6.45) is 2.83. The summed E-state index contributed by atoms with van der Waals surface area (Å²) in [7, 11) is 1.67. The molecule has 1 rings (SSSR count). The molecule has 0 bridgehead atoms. The highest BCUT2D eigenvalue weighted by Crippen LogP contribution is 2.14. The van der Waals surface area contributed by atoms with E-state index < -0.39 is 0 Å². The molecule has 0 saturated carbocycles. The highest BCUT2D eigenvalue weighted by atomic mass is 19.1. The molecule has 1 aromatic rings. The molecule has 4 heteroatoms. The third-order valence-corrected chi connectivity index (χ3v) is 3.50. The van der Waals surface area contributed by atoms with Crippen molar-refractivity contribution >= 4 is 0 Å². The van der Waals surface area contributed by atoms with Crippen LogP contribution in [0.1, 0.15) is 30.9 Å². The molecular formula is C17H28FNO2. The number of hydrogen-bond donors (Lipinski definition) is 1.